The van der Waals surface area contributed by atoms with Crippen LogP contribution in [0, 0.1) is 0 Å². The zero-order chi connectivity index (χ0) is 21.0. The van der Waals surface area contributed by atoms with E-state index in [-0.39, 0.29) is 5.75 Å². The molecule has 0 radical (unpaired) electrons. The summed E-state index contributed by atoms with van der Waals surface area (Å²) < 4.78 is 11.9. The Labute approximate surface area is 184 Å². The predicted octanol–water partition coefficient (Wildman–Crippen LogP) is 4.65. The molecule has 5 heteroatoms. The average Bonchev–Trinajstić information content (AvgIpc) is 2.71. The minimum Gasteiger partial charge on any atom is -0.507 e. The Morgan fingerprint density at radius 2 is 1.26 bits per heavy atom. The van der Waals surface area contributed by atoms with Gasteiger partial charge in [-0.2, -0.15) is 0 Å². The fourth-order valence-corrected chi connectivity index (χ4v) is 4.45. The zero-order valence-corrected chi connectivity index (χ0v) is 18.2. The van der Waals surface area contributed by atoms with E-state index in [0.717, 1.165) is 65.6 Å². The molecule has 3 aromatic rings. The molecule has 0 saturated carbocycles. The van der Waals surface area contributed by atoms with E-state index in [0.29, 0.717) is 6.61 Å². The highest BCUT2D eigenvalue weighted by Crippen LogP contribution is 2.36. The molecule has 1 N–H and O–H groups in total. The standard InChI is InChI=1S/C26H32N2O3/c29-26-18-20-17-21(30-15-3-13-27-9-1-10-27)5-7-23(20)24-8-6-22(19-25(24)26)31-16-4-14-28-11-2-12-28/h5-8,17-19,29H,1-4,9-16H2. The second kappa shape index (κ2) is 9.33. The Kier molecular flexibility index (Phi) is 6.14. The van der Waals surface area contributed by atoms with Gasteiger partial charge in [0.2, 0.25) is 0 Å². The number of phenolic OH excluding ortho intramolecular Hbond substituents is 1. The van der Waals surface area contributed by atoms with Gasteiger partial charge in [-0.3, -0.25) is 0 Å². The SMILES string of the molecule is Oc1cc2cc(OCCCN3CCC3)ccc2c2ccc(OCCCN3CCC3)cc12. The Bertz CT molecular complexity index is 1040. The van der Waals surface area contributed by atoms with Gasteiger partial charge in [0.15, 0.2) is 0 Å². The van der Waals surface area contributed by atoms with Crippen LogP contribution in [0.1, 0.15) is 25.7 Å². The fraction of sp³-hybridized carbons (Fsp3) is 0.462. The van der Waals surface area contributed by atoms with Crippen LogP contribution in [0.25, 0.3) is 21.5 Å². The van der Waals surface area contributed by atoms with Gasteiger partial charge in [-0.25, -0.2) is 0 Å². The lowest BCUT2D eigenvalue weighted by Crippen LogP contribution is -2.38. The molecule has 0 atom stereocenters. The monoisotopic (exact) mass is 420 g/mol. The number of likely N-dealkylation sites (tertiary alicyclic amines) is 2. The second-order valence-corrected chi connectivity index (χ2v) is 8.78. The lowest BCUT2D eigenvalue weighted by molar-refractivity contribution is 0.165. The molecule has 2 heterocycles. The average molecular weight is 421 g/mol. The van der Waals surface area contributed by atoms with Crippen molar-refractivity contribution in [3.8, 4) is 17.2 Å². The summed E-state index contributed by atoms with van der Waals surface area (Å²) >= 11 is 0. The van der Waals surface area contributed by atoms with Crippen LogP contribution in [0.15, 0.2) is 42.5 Å². The third kappa shape index (κ3) is 4.73. The van der Waals surface area contributed by atoms with Crippen LogP contribution < -0.4 is 9.47 Å². The van der Waals surface area contributed by atoms with Crippen LogP contribution in [-0.4, -0.2) is 67.4 Å². The van der Waals surface area contributed by atoms with Crippen molar-refractivity contribution in [1.82, 2.24) is 9.80 Å². The third-order valence-corrected chi connectivity index (χ3v) is 6.54. The van der Waals surface area contributed by atoms with Crippen molar-refractivity contribution in [2.75, 3.05) is 52.5 Å². The summed E-state index contributed by atoms with van der Waals surface area (Å²) in [5, 5.41) is 14.6. The van der Waals surface area contributed by atoms with Crippen LogP contribution in [0.3, 0.4) is 0 Å². The Morgan fingerprint density at radius 3 is 1.84 bits per heavy atom. The summed E-state index contributed by atoms with van der Waals surface area (Å²) in [4.78, 5) is 4.91. The summed E-state index contributed by atoms with van der Waals surface area (Å²) in [6, 6.07) is 14.0. The first-order valence-corrected chi connectivity index (χ1v) is 11.7. The second-order valence-electron chi connectivity index (χ2n) is 8.78. The first-order chi connectivity index (χ1) is 15.3. The summed E-state index contributed by atoms with van der Waals surface area (Å²) in [6.07, 6.45) is 4.73. The number of hydrogen-bond acceptors (Lipinski definition) is 5. The number of hydrogen-bond donors (Lipinski definition) is 1. The van der Waals surface area contributed by atoms with E-state index in [1.807, 2.05) is 30.3 Å². The molecule has 2 aliphatic rings. The molecule has 0 spiro atoms. The normalized spacial score (nSPS) is 16.9. The first-order valence-electron chi connectivity index (χ1n) is 11.7. The highest BCUT2D eigenvalue weighted by molar-refractivity contribution is 6.10. The van der Waals surface area contributed by atoms with Crippen LogP contribution >= 0.6 is 0 Å². The summed E-state index contributed by atoms with van der Waals surface area (Å²) in [7, 11) is 0. The maximum absolute atomic E-state index is 10.7. The highest BCUT2D eigenvalue weighted by Gasteiger charge is 2.14. The summed E-state index contributed by atoms with van der Waals surface area (Å²) in [5.74, 6) is 1.95. The molecule has 2 saturated heterocycles. The van der Waals surface area contributed by atoms with E-state index in [2.05, 4.69) is 21.9 Å². The summed E-state index contributed by atoms with van der Waals surface area (Å²) in [5.41, 5.74) is 0. The van der Waals surface area contributed by atoms with Gasteiger partial charge in [0.05, 0.1) is 13.2 Å². The quantitative estimate of drug-likeness (QED) is 0.382. The van der Waals surface area contributed by atoms with Crippen molar-refractivity contribution >= 4 is 21.5 Å². The van der Waals surface area contributed by atoms with Gasteiger partial charge in [0, 0.05) is 18.5 Å². The van der Waals surface area contributed by atoms with Crippen LogP contribution in [0.2, 0.25) is 0 Å². The van der Waals surface area contributed by atoms with Crippen molar-refractivity contribution in [1.29, 1.82) is 0 Å². The number of rotatable bonds is 10. The minimum atomic E-state index is 0.281. The highest BCUT2D eigenvalue weighted by atomic mass is 16.5. The van der Waals surface area contributed by atoms with Gasteiger partial charge in [0.1, 0.15) is 17.2 Å². The summed E-state index contributed by atoms with van der Waals surface area (Å²) in [6.45, 7) is 8.55. The van der Waals surface area contributed by atoms with Gasteiger partial charge >= 0.3 is 0 Å². The number of aromatic hydroxyl groups is 1. The first kappa shape index (κ1) is 20.4. The molecule has 0 bridgehead atoms. The topological polar surface area (TPSA) is 45.2 Å². The fourth-order valence-electron chi connectivity index (χ4n) is 4.45. The largest absolute Gasteiger partial charge is 0.507 e. The molecule has 5 rings (SSSR count). The number of nitrogens with zero attached hydrogens (tertiary/aromatic N) is 2. The Balaban J connectivity index is 1.24. The molecule has 5 nitrogen and oxygen atoms in total. The van der Waals surface area contributed by atoms with Crippen molar-refractivity contribution in [2.24, 2.45) is 0 Å². The minimum absolute atomic E-state index is 0.281. The van der Waals surface area contributed by atoms with Gasteiger partial charge in [-0.15, -0.1) is 0 Å². The number of fused-ring (bicyclic) bond motifs is 3. The van der Waals surface area contributed by atoms with Gasteiger partial charge in [0.25, 0.3) is 0 Å². The molecule has 0 amide bonds. The molecule has 2 aliphatic heterocycles. The molecule has 0 aliphatic carbocycles. The number of phenols is 1. The van der Waals surface area contributed by atoms with Gasteiger partial charge < -0.3 is 24.4 Å². The van der Waals surface area contributed by atoms with E-state index in [9.17, 15) is 5.11 Å². The Hall–Kier alpha value is -2.50. The van der Waals surface area contributed by atoms with E-state index in [1.165, 1.54) is 39.0 Å². The molecule has 0 unspecified atom stereocenters. The molecule has 31 heavy (non-hydrogen) atoms. The smallest absolute Gasteiger partial charge is 0.124 e. The van der Waals surface area contributed by atoms with Crippen molar-refractivity contribution < 1.29 is 14.6 Å². The molecule has 2 fully saturated rings. The van der Waals surface area contributed by atoms with E-state index >= 15 is 0 Å². The van der Waals surface area contributed by atoms with E-state index in [1.54, 1.807) is 0 Å². The van der Waals surface area contributed by atoms with E-state index < -0.39 is 0 Å². The number of ether oxygens (including phenoxy) is 2. The molecule has 3 aromatic carbocycles. The molecule has 0 aromatic heterocycles. The number of benzene rings is 3. The maximum Gasteiger partial charge on any atom is 0.124 e. The predicted molar refractivity (Wildman–Crippen MR) is 125 cm³/mol. The third-order valence-electron chi connectivity index (χ3n) is 6.54. The maximum atomic E-state index is 10.7. The van der Waals surface area contributed by atoms with Crippen molar-refractivity contribution in [3.05, 3.63) is 42.5 Å². The Morgan fingerprint density at radius 1 is 0.677 bits per heavy atom. The molecule has 164 valence electrons. The van der Waals surface area contributed by atoms with Crippen LogP contribution in [0.4, 0.5) is 0 Å². The van der Waals surface area contributed by atoms with Gasteiger partial charge in [-0.05, 0) is 104 Å². The van der Waals surface area contributed by atoms with Crippen LogP contribution in [0.5, 0.6) is 17.2 Å². The van der Waals surface area contributed by atoms with Crippen molar-refractivity contribution in [3.63, 3.8) is 0 Å². The van der Waals surface area contributed by atoms with Gasteiger partial charge in [-0.1, -0.05) is 6.07 Å². The van der Waals surface area contributed by atoms with Crippen molar-refractivity contribution in [2.45, 2.75) is 25.7 Å². The lowest BCUT2D eigenvalue weighted by Gasteiger charge is -2.30. The van der Waals surface area contributed by atoms with E-state index in [4.69, 9.17) is 9.47 Å². The van der Waals surface area contributed by atoms with Crippen LogP contribution in [-0.2, 0) is 0 Å². The zero-order valence-electron chi connectivity index (χ0n) is 18.2. The molecular formula is C26H32N2O3. The lowest BCUT2D eigenvalue weighted by atomic mass is 10.0. The molecular weight excluding hydrogens is 388 g/mol.